The monoisotopic (exact) mass is 340 g/mol. The molecule has 2 aromatic rings. The largest absolute Gasteiger partial charge is 0.481 e. The maximum Gasteiger partial charge on any atom is 0.310 e. The standard InChI is InChI=1S/C21H24O4/c1-15(2)25-21(24)19(14-17-11-7-4-8-12-17)18(20(22)23)13-16-9-5-3-6-10-16/h3-12,15,18-19H,13-14H2,1-2H3,(H,22,23). The predicted molar refractivity (Wildman–Crippen MR) is 96.1 cm³/mol. The summed E-state index contributed by atoms with van der Waals surface area (Å²) in [6, 6.07) is 18.8. The van der Waals surface area contributed by atoms with Gasteiger partial charge in [-0.2, -0.15) is 0 Å². The molecule has 2 unspecified atom stereocenters. The van der Waals surface area contributed by atoms with Gasteiger partial charge >= 0.3 is 11.9 Å². The fourth-order valence-electron chi connectivity index (χ4n) is 2.85. The van der Waals surface area contributed by atoms with E-state index >= 15 is 0 Å². The first-order valence-corrected chi connectivity index (χ1v) is 8.48. The third-order valence-electron chi connectivity index (χ3n) is 4.05. The summed E-state index contributed by atoms with van der Waals surface area (Å²) >= 11 is 0. The highest BCUT2D eigenvalue weighted by Crippen LogP contribution is 2.24. The number of aliphatic carboxylic acids is 1. The zero-order chi connectivity index (χ0) is 18.2. The minimum Gasteiger partial charge on any atom is -0.481 e. The van der Waals surface area contributed by atoms with Crippen molar-refractivity contribution in [2.45, 2.75) is 32.8 Å². The highest BCUT2D eigenvalue weighted by atomic mass is 16.5. The van der Waals surface area contributed by atoms with Crippen LogP contribution in [0.4, 0.5) is 0 Å². The number of carboxylic acid groups (broad SMARTS) is 1. The molecule has 4 nitrogen and oxygen atoms in total. The smallest absolute Gasteiger partial charge is 0.310 e. The van der Waals surface area contributed by atoms with E-state index in [9.17, 15) is 14.7 Å². The molecular formula is C21H24O4. The molecule has 0 aliphatic carbocycles. The van der Waals surface area contributed by atoms with Crippen molar-refractivity contribution < 1.29 is 19.4 Å². The average molecular weight is 340 g/mol. The van der Waals surface area contributed by atoms with E-state index in [1.807, 2.05) is 60.7 Å². The first-order chi connectivity index (χ1) is 12.0. The first-order valence-electron chi connectivity index (χ1n) is 8.48. The van der Waals surface area contributed by atoms with Crippen LogP contribution in [-0.4, -0.2) is 23.1 Å². The van der Waals surface area contributed by atoms with Gasteiger partial charge in [0, 0.05) is 0 Å². The molecule has 0 spiro atoms. The van der Waals surface area contributed by atoms with Crippen LogP contribution in [0.15, 0.2) is 60.7 Å². The Labute approximate surface area is 148 Å². The Morgan fingerprint density at radius 1 is 0.840 bits per heavy atom. The molecule has 0 amide bonds. The fraction of sp³-hybridized carbons (Fsp3) is 0.333. The molecule has 2 atom stereocenters. The molecule has 4 heteroatoms. The highest BCUT2D eigenvalue weighted by molar-refractivity contribution is 5.81. The van der Waals surface area contributed by atoms with Crippen LogP contribution >= 0.6 is 0 Å². The van der Waals surface area contributed by atoms with Crippen LogP contribution in [0.3, 0.4) is 0 Å². The summed E-state index contributed by atoms with van der Waals surface area (Å²) in [7, 11) is 0. The number of carbonyl (C=O) groups excluding carboxylic acids is 1. The number of ether oxygens (including phenoxy) is 1. The van der Waals surface area contributed by atoms with Gasteiger partial charge in [-0.25, -0.2) is 0 Å². The lowest BCUT2D eigenvalue weighted by Gasteiger charge is -2.24. The van der Waals surface area contributed by atoms with Crippen molar-refractivity contribution >= 4 is 11.9 Å². The van der Waals surface area contributed by atoms with Crippen LogP contribution in [0.5, 0.6) is 0 Å². The molecule has 0 aromatic heterocycles. The van der Waals surface area contributed by atoms with Crippen LogP contribution in [0, 0.1) is 11.8 Å². The number of benzene rings is 2. The van der Waals surface area contributed by atoms with Crippen molar-refractivity contribution in [1.82, 2.24) is 0 Å². The summed E-state index contributed by atoms with van der Waals surface area (Å²) in [5.74, 6) is -3.01. The van der Waals surface area contributed by atoms with E-state index in [1.54, 1.807) is 13.8 Å². The summed E-state index contributed by atoms with van der Waals surface area (Å²) in [4.78, 5) is 24.5. The van der Waals surface area contributed by atoms with E-state index in [-0.39, 0.29) is 6.10 Å². The Kier molecular flexibility index (Phi) is 6.75. The second-order valence-corrected chi connectivity index (χ2v) is 6.42. The minimum absolute atomic E-state index is 0.281. The molecule has 25 heavy (non-hydrogen) atoms. The number of hydrogen-bond acceptors (Lipinski definition) is 3. The molecule has 0 aliphatic heterocycles. The minimum atomic E-state index is -0.981. The van der Waals surface area contributed by atoms with Crippen molar-refractivity contribution in [2.75, 3.05) is 0 Å². The summed E-state index contributed by atoms with van der Waals surface area (Å²) in [6.45, 7) is 3.54. The van der Waals surface area contributed by atoms with Gasteiger partial charge in [-0.1, -0.05) is 60.7 Å². The van der Waals surface area contributed by atoms with Crippen LogP contribution in [0.1, 0.15) is 25.0 Å². The topological polar surface area (TPSA) is 63.6 Å². The van der Waals surface area contributed by atoms with Gasteiger partial charge in [0.2, 0.25) is 0 Å². The summed E-state index contributed by atoms with van der Waals surface area (Å²) < 4.78 is 5.35. The van der Waals surface area contributed by atoms with Crippen molar-refractivity contribution in [3.05, 3.63) is 71.8 Å². The van der Waals surface area contributed by atoms with E-state index in [0.717, 1.165) is 11.1 Å². The van der Waals surface area contributed by atoms with Crippen molar-refractivity contribution in [3.8, 4) is 0 Å². The Bertz CT molecular complexity index is 680. The van der Waals surface area contributed by atoms with E-state index in [4.69, 9.17) is 4.74 Å². The predicted octanol–water partition coefficient (Wildman–Crippen LogP) is 3.74. The highest BCUT2D eigenvalue weighted by Gasteiger charge is 2.35. The quantitative estimate of drug-likeness (QED) is 0.744. The Balaban J connectivity index is 2.28. The van der Waals surface area contributed by atoms with Gasteiger partial charge in [-0.15, -0.1) is 0 Å². The molecule has 0 radical (unpaired) electrons. The molecule has 0 aliphatic rings. The number of esters is 1. The van der Waals surface area contributed by atoms with Gasteiger partial charge in [-0.05, 0) is 37.8 Å². The van der Waals surface area contributed by atoms with Crippen molar-refractivity contribution in [1.29, 1.82) is 0 Å². The van der Waals surface area contributed by atoms with Gasteiger partial charge < -0.3 is 9.84 Å². The SMILES string of the molecule is CC(C)OC(=O)C(Cc1ccccc1)C(Cc1ccccc1)C(=O)O. The van der Waals surface area contributed by atoms with Crippen LogP contribution < -0.4 is 0 Å². The maximum atomic E-state index is 12.6. The molecule has 0 fully saturated rings. The van der Waals surface area contributed by atoms with Gasteiger partial charge in [0.15, 0.2) is 0 Å². The lowest BCUT2D eigenvalue weighted by molar-refractivity contribution is -0.160. The van der Waals surface area contributed by atoms with Crippen LogP contribution in [-0.2, 0) is 27.2 Å². The number of hydrogen-bond donors (Lipinski definition) is 1. The molecule has 0 saturated carbocycles. The lowest BCUT2D eigenvalue weighted by atomic mass is 9.82. The Hall–Kier alpha value is -2.62. The summed E-state index contributed by atoms with van der Waals surface area (Å²) in [6.07, 6.45) is 0.355. The number of carboxylic acids is 1. The molecule has 0 bridgehead atoms. The second kappa shape index (κ2) is 9.02. The molecule has 0 heterocycles. The van der Waals surface area contributed by atoms with Crippen LogP contribution in [0.2, 0.25) is 0 Å². The lowest BCUT2D eigenvalue weighted by Crippen LogP contribution is -2.35. The number of rotatable bonds is 8. The molecule has 2 aromatic carbocycles. The number of carbonyl (C=O) groups is 2. The molecular weight excluding hydrogens is 316 g/mol. The van der Waals surface area contributed by atoms with Gasteiger partial charge in [0.05, 0.1) is 17.9 Å². The van der Waals surface area contributed by atoms with E-state index in [0.29, 0.717) is 12.8 Å². The fourth-order valence-corrected chi connectivity index (χ4v) is 2.85. The third kappa shape index (κ3) is 5.75. The second-order valence-electron chi connectivity index (χ2n) is 6.42. The molecule has 132 valence electrons. The molecule has 1 N–H and O–H groups in total. The van der Waals surface area contributed by atoms with Gasteiger partial charge in [0.1, 0.15) is 0 Å². The zero-order valence-electron chi connectivity index (χ0n) is 14.6. The Morgan fingerprint density at radius 2 is 1.28 bits per heavy atom. The normalized spacial score (nSPS) is 13.2. The summed E-state index contributed by atoms with van der Waals surface area (Å²) in [5, 5.41) is 9.76. The maximum absolute atomic E-state index is 12.6. The van der Waals surface area contributed by atoms with E-state index in [1.165, 1.54) is 0 Å². The summed E-state index contributed by atoms with van der Waals surface area (Å²) in [5.41, 5.74) is 1.82. The Morgan fingerprint density at radius 3 is 1.68 bits per heavy atom. The van der Waals surface area contributed by atoms with Crippen molar-refractivity contribution in [2.24, 2.45) is 11.8 Å². The first kappa shape index (κ1) is 18.7. The zero-order valence-corrected chi connectivity index (χ0v) is 14.6. The van der Waals surface area contributed by atoms with Gasteiger partial charge in [-0.3, -0.25) is 9.59 Å². The average Bonchev–Trinajstić information content (AvgIpc) is 2.59. The van der Waals surface area contributed by atoms with Gasteiger partial charge in [0.25, 0.3) is 0 Å². The van der Waals surface area contributed by atoms with Crippen LogP contribution in [0.25, 0.3) is 0 Å². The molecule has 0 saturated heterocycles. The van der Waals surface area contributed by atoms with E-state index in [2.05, 4.69) is 0 Å². The van der Waals surface area contributed by atoms with Crippen molar-refractivity contribution in [3.63, 3.8) is 0 Å². The molecule has 2 rings (SSSR count). The van der Waals surface area contributed by atoms with E-state index < -0.39 is 23.8 Å². The third-order valence-corrected chi connectivity index (χ3v) is 4.05.